The number of aliphatic imine (C=N–C) groups is 1. The van der Waals surface area contributed by atoms with Crippen molar-refractivity contribution in [1.82, 2.24) is 25.9 Å². The van der Waals surface area contributed by atoms with Crippen molar-refractivity contribution >= 4 is 45.5 Å². The molecule has 2 aromatic heterocycles. The van der Waals surface area contributed by atoms with Crippen LogP contribution in [0.15, 0.2) is 47.2 Å². The van der Waals surface area contributed by atoms with Crippen molar-refractivity contribution in [2.45, 2.75) is 26.1 Å². The molecular formula is C26H27F2N7O3S. The first-order valence-corrected chi connectivity index (χ1v) is 13.3. The number of nitrogens with one attached hydrogen (secondary N) is 3. The SMILES string of the molecule is CCNC(=O)NC1(C2CNCCC2(C)C(=O)O)N=CC=CN1c1cc(-c2ncc(F)cc2F)c2scnc2c1. The molecule has 0 aliphatic carbocycles. The number of carboxylic acid groups (broad SMARTS) is 1. The van der Waals surface area contributed by atoms with Gasteiger partial charge >= 0.3 is 12.0 Å². The van der Waals surface area contributed by atoms with Gasteiger partial charge in [0.1, 0.15) is 11.5 Å². The maximum atomic E-state index is 14.9. The van der Waals surface area contributed by atoms with Crippen LogP contribution in [-0.4, -0.2) is 58.7 Å². The molecule has 204 valence electrons. The van der Waals surface area contributed by atoms with Crippen molar-refractivity contribution in [2.75, 3.05) is 24.5 Å². The summed E-state index contributed by atoms with van der Waals surface area (Å²) >= 11 is 1.28. The number of piperidine rings is 1. The number of urea groups is 1. The molecular weight excluding hydrogens is 528 g/mol. The number of amides is 2. The average Bonchev–Trinajstić information content (AvgIpc) is 3.38. The molecule has 39 heavy (non-hydrogen) atoms. The summed E-state index contributed by atoms with van der Waals surface area (Å²) in [4.78, 5) is 40.5. The predicted molar refractivity (Wildman–Crippen MR) is 145 cm³/mol. The van der Waals surface area contributed by atoms with E-state index in [1.807, 2.05) is 0 Å². The van der Waals surface area contributed by atoms with Crippen molar-refractivity contribution < 1.29 is 23.5 Å². The highest BCUT2D eigenvalue weighted by atomic mass is 32.1. The van der Waals surface area contributed by atoms with Crippen molar-refractivity contribution in [1.29, 1.82) is 0 Å². The molecule has 1 aromatic carbocycles. The number of aliphatic carboxylic acids is 1. The highest BCUT2D eigenvalue weighted by Gasteiger charge is 2.57. The largest absolute Gasteiger partial charge is 0.481 e. The number of thiazole rings is 1. The smallest absolute Gasteiger partial charge is 0.318 e. The molecule has 13 heteroatoms. The van der Waals surface area contributed by atoms with Crippen molar-refractivity contribution in [3.8, 4) is 11.3 Å². The zero-order valence-electron chi connectivity index (χ0n) is 21.2. The van der Waals surface area contributed by atoms with Gasteiger partial charge in [-0.15, -0.1) is 11.3 Å². The maximum Gasteiger partial charge on any atom is 0.318 e. The summed E-state index contributed by atoms with van der Waals surface area (Å²) in [7, 11) is 0. The van der Waals surface area contributed by atoms with Crippen LogP contribution >= 0.6 is 11.3 Å². The van der Waals surface area contributed by atoms with E-state index < -0.39 is 40.8 Å². The van der Waals surface area contributed by atoms with Crippen LogP contribution in [0.2, 0.25) is 0 Å². The Bertz CT molecular complexity index is 1500. The Kier molecular flexibility index (Phi) is 7.03. The summed E-state index contributed by atoms with van der Waals surface area (Å²) in [6.45, 7) is 4.49. The molecule has 2 aliphatic rings. The highest BCUT2D eigenvalue weighted by Crippen LogP contribution is 2.46. The minimum Gasteiger partial charge on any atom is -0.481 e. The molecule has 4 N–H and O–H groups in total. The zero-order valence-corrected chi connectivity index (χ0v) is 22.1. The van der Waals surface area contributed by atoms with E-state index in [4.69, 9.17) is 4.99 Å². The van der Waals surface area contributed by atoms with E-state index >= 15 is 0 Å². The molecule has 3 unspecified atom stereocenters. The fourth-order valence-corrected chi connectivity index (χ4v) is 6.05. The second-order valence-corrected chi connectivity index (χ2v) is 10.5. The third kappa shape index (κ3) is 4.61. The maximum absolute atomic E-state index is 14.9. The lowest BCUT2D eigenvalue weighted by atomic mass is 9.68. The third-order valence-electron chi connectivity index (χ3n) is 7.27. The van der Waals surface area contributed by atoms with Gasteiger partial charge in [-0.2, -0.15) is 0 Å². The van der Waals surface area contributed by atoms with Crippen LogP contribution < -0.4 is 20.9 Å². The Morgan fingerprint density at radius 1 is 1.28 bits per heavy atom. The van der Waals surface area contributed by atoms with Gasteiger partial charge in [-0.3, -0.25) is 15.1 Å². The van der Waals surface area contributed by atoms with Crippen molar-refractivity contribution in [3.05, 3.63) is 53.8 Å². The molecule has 2 aliphatic heterocycles. The Morgan fingerprint density at radius 3 is 2.85 bits per heavy atom. The van der Waals surface area contributed by atoms with Gasteiger partial charge in [-0.1, -0.05) is 0 Å². The topological polar surface area (TPSA) is 132 Å². The van der Waals surface area contributed by atoms with Crippen LogP contribution in [0.1, 0.15) is 20.3 Å². The third-order valence-corrected chi connectivity index (χ3v) is 8.14. The molecule has 0 spiro atoms. The second-order valence-electron chi connectivity index (χ2n) is 9.61. The van der Waals surface area contributed by atoms with Gasteiger partial charge < -0.3 is 20.6 Å². The van der Waals surface area contributed by atoms with E-state index in [-0.39, 0.29) is 12.2 Å². The summed E-state index contributed by atoms with van der Waals surface area (Å²) in [5.74, 6) is -4.97. The Morgan fingerprint density at radius 2 is 2.10 bits per heavy atom. The molecule has 5 rings (SSSR count). The molecule has 0 saturated carbocycles. The quantitative estimate of drug-likeness (QED) is 0.365. The van der Waals surface area contributed by atoms with E-state index in [1.54, 1.807) is 48.7 Å². The fraction of sp³-hybridized carbons (Fsp3) is 0.346. The Balaban J connectivity index is 1.73. The van der Waals surface area contributed by atoms with Crippen LogP contribution in [0.4, 0.5) is 19.3 Å². The van der Waals surface area contributed by atoms with Crippen LogP contribution in [0.25, 0.3) is 21.5 Å². The van der Waals surface area contributed by atoms with Gasteiger partial charge in [0, 0.05) is 42.8 Å². The number of pyridine rings is 1. The van der Waals surface area contributed by atoms with Gasteiger partial charge in [-0.05, 0) is 45.0 Å². The van der Waals surface area contributed by atoms with E-state index in [0.717, 1.165) is 12.3 Å². The molecule has 1 saturated heterocycles. The van der Waals surface area contributed by atoms with Gasteiger partial charge in [0.2, 0.25) is 5.79 Å². The van der Waals surface area contributed by atoms with E-state index in [9.17, 15) is 23.5 Å². The first kappa shape index (κ1) is 26.6. The van der Waals surface area contributed by atoms with Gasteiger partial charge in [0.15, 0.2) is 5.82 Å². The number of carbonyl (C=O) groups excluding carboxylic acids is 1. The Labute approximate surface area is 226 Å². The minimum absolute atomic E-state index is 0.0611. The van der Waals surface area contributed by atoms with E-state index in [0.29, 0.717) is 41.0 Å². The molecule has 1 fully saturated rings. The predicted octanol–water partition coefficient (Wildman–Crippen LogP) is 3.71. The number of anilines is 1. The normalized spacial score (nSPS) is 24.6. The molecule has 3 atom stereocenters. The lowest BCUT2D eigenvalue weighted by Gasteiger charge is -2.52. The monoisotopic (exact) mass is 555 g/mol. The van der Waals surface area contributed by atoms with E-state index in [1.165, 1.54) is 17.6 Å². The summed E-state index contributed by atoms with van der Waals surface area (Å²) < 4.78 is 29.2. The van der Waals surface area contributed by atoms with Crippen molar-refractivity contribution in [2.24, 2.45) is 16.3 Å². The number of carboxylic acids is 1. The lowest BCUT2D eigenvalue weighted by Crippen LogP contribution is -2.71. The Hall–Kier alpha value is -3.97. The standard InChI is InChI=1S/C26H27F2N7O3S/c1-3-30-24(38)34-26(20-13-29-7-5-25(20,2)23(36)37)33-6-4-8-35(26)16-10-17(22-19(11-16)32-14-39-22)21-18(28)9-15(27)12-31-21/h4,6,8-12,14,20,29H,3,5,7,13H2,1-2H3,(H,36,37)(H2,30,34,38). The summed E-state index contributed by atoms with van der Waals surface area (Å²) in [5, 5.41) is 19.2. The minimum atomic E-state index is -1.58. The number of benzene rings is 1. The number of allylic oxidation sites excluding steroid dienone is 1. The number of aromatic nitrogens is 2. The van der Waals surface area contributed by atoms with Crippen molar-refractivity contribution in [3.63, 3.8) is 0 Å². The first-order valence-electron chi connectivity index (χ1n) is 12.4. The summed E-state index contributed by atoms with van der Waals surface area (Å²) in [5.41, 5.74) is 1.64. The number of hydrogen-bond donors (Lipinski definition) is 4. The molecule has 10 nitrogen and oxygen atoms in total. The second kappa shape index (κ2) is 10.3. The molecule has 0 radical (unpaired) electrons. The van der Waals surface area contributed by atoms with Gasteiger partial charge in [0.05, 0.1) is 33.3 Å². The average molecular weight is 556 g/mol. The number of hydrogen-bond acceptors (Lipinski definition) is 8. The zero-order chi connectivity index (χ0) is 27.8. The summed E-state index contributed by atoms with van der Waals surface area (Å²) in [6.07, 6.45) is 6.11. The number of nitrogens with zero attached hydrogens (tertiary/aromatic N) is 4. The first-order chi connectivity index (χ1) is 18.7. The van der Waals surface area contributed by atoms with Crippen LogP contribution in [0, 0.1) is 23.0 Å². The van der Waals surface area contributed by atoms with Gasteiger partial charge in [0.25, 0.3) is 0 Å². The molecule has 0 bridgehead atoms. The van der Waals surface area contributed by atoms with Gasteiger partial charge in [-0.25, -0.2) is 23.6 Å². The number of carbonyl (C=O) groups is 2. The molecule has 2 amide bonds. The molecule has 3 aromatic rings. The van der Waals surface area contributed by atoms with Crippen LogP contribution in [-0.2, 0) is 4.79 Å². The highest BCUT2D eigenvalue weighted by molar-refractivity contribution is 7.17. The van der Waals surface area contributed by atoms with Crippen LogP contribution in [0.3, 0.4) is 0 Å². The molecule has 4 heterocycles. The van der Waals surface area contributed by atoms with E-state index in [2.05, 4.69) is 25.9 Å². The fourth-order valence-electron chi connectivity index (χ4n) is 5.27. The number of halogens is 2. The lowest BCUT2D eigenvalue weighted by molar-refractivity contribution is -0.155. The number of rotatable bonds is 6. The number of fused-ring (bicyclic) bond motifs is 1. The summed E-state index contributed by atoms with van der Waals surface area (Å²) in [6, 6.07) is 3.65. The van der Waals surface area contributed by atoms with Crippen LogP contribution in [0.5, 0.6) is 0 Å².